The van der Waals surface area contributed by atoms with E-state index < -0.39 is 22.5 Å². The molecule has 36 heavy (non-hydrogen) atoms. The van der Waals surface area contributed by atoms with Crippen molar-refractivity contribution in [2.45, 2.75) is 37.8 Å². The second kappa shape index (κ2) is 12.0. The predicted molar refractivity (Wildman–Crippen MR) is 136 cm³/mol. The van der Waals surface area contributed by atoms with Crippen LogP contribution in [0.5, 0.6) is 0 Å². The number of para-hydroxylation sites is 1. The summed E-state index contributed by atoms with van der Waals surface area (Å²) in [7, 11) is 0. The number of H-pyrrole nitrogens is 1. The zero-order valence-corrected chi connectivity index (χ0v) is 21.5. The molecule has 1 heterocycles. The molecule has 3 aromatic rings. The van der Waals surface area contributed by atoms with Crippen LogP contribution >= 0.6 is 23.2 Å². The number of carbonyl (C=O) groups is 2. The largest absolute Gasteiger partial charge is 0.416 e. The van der Waals surface area contributed by atoms with Gasteiger partial charge in [0.1, 0.15) is 0 Å². The molecule has 0 saturated heterocycles. The summed E-state index contributed by atoms with van der Waals surface area (Å²) in [5.41, 5.74) is 1.76. The molecule has 3 rings (SSSR count). The van der Waals surface area contributed by atoms with Crippen LogP contribution < -0.4 is 0 Å². The van der Waals surface area contributed by atoms with E-state index in [0.717, 1.165) is 28.6 Å². The number of amides is 2. The Morgan fingerprint density at radius 3 is 2.28 bits per heavy atom. The quantitative estimate of drug-likeness (QED) is 0.318. The number of rotatable bonds is 10. The maximum absolute atomic E-state index is 13.4. The number of fused-ring (bicyclic) bond motifs is 1. The lowest BCUT2D eigenvalue weighted by Gasteiger charge is -2.29. The zero-order chi connectivity index (χ0) is 26.5. The van der Waals surface area contributed by atoms with E-state index in [1.165, 1.54) is 17.0 Å². The molecule has 0 aliphatic rings. The van der Waals surface area contributed by atoms with Crippen molar-refractivity contribution in [2.24, 2.45) is 5.92 Å². The molecule has 0 atom stereocenters. The molecule has 1 N–H and O–H groups in total. The summed E-state index contributed by atoms with van der Waals surface area (Å²) in [6.07, 6.45) is -2.05. The van der Waals surface area contributed by atoms with Gasteiger partial charge in [-0.1, -0.05) is 67.4 Å². The molecule has 0 bridgehead atoms. The fourth-order valence-corrected chi connectivity index (χ4v) is 4.26. The molecule has 0 aliphatic heterocycles. The van der Waals surface area contributed by atoms with E-state index in [0.29, 0.717) is 18.5 Å². The first kappa shape index (κ1) is 27.9. The number of halogens is 5. The highest BCUT2D eigenvalue weighted by molar-refractivity contribution is 6.53. The SMILES string of the molecule is CC(C)CN(CC(=O)N(CCc1c[nH]c2ccccc12)Cc1ccc(C(F)(F)F)cc1)C(=O)C(Cl)Cl. The monoisotopic (exact) mass is 541 g/mol. The fourth-order valence-electron chi connectivity index (χ4n) is 3.98. The first-order valence-corrected chi connectivity index (χ1v) is 12.4. The van der Waals surface area contributed by atoms with Crippen molar-refractivity contribution >= 4 is 45.9 Å². The van der Waals surface area contributed by atoms with Gasteiger partial charge in [-0.15, -0.1) is 0 Å². The first-order chi connectivity index (χ1) is 17.0. The van der Waals surface area contributed by atoms with Crippen LogP contribution in [-0.4, -0.2) is 51.1 Å². The molecular formula is C26H28Cl2F3N3O2. The number of nitrogens with one attached hydrogen (secondary N) is 1. The number of hydrogen-bond donors (Lipinski definition) is 1. The summed E-state index contributed by atoms with van der Waals surface area (Å²) in [5, 5.41) is 1.03. The van der Waals surface area contributed by atoms with Crippen LogP contribution in [0.4, 0.5) is 13.2 Å². The van der Waals surface area contributed by atoms with Crippen LogP contribution in [0.1, 0.15) is 30.5 Å². The van der Waals surface area contributed by atoms with Crippen molar-refractivity contribution in [1.29, 1.82) is 0 Å². The van der Waals surface area contributed by atoms with Gasteiger partial charge in [0.05, 0.1) is 12.1 Å². The molecule has 0 aliphatic carbocycles. The third-order valence-corrected chi connectivity index (χ3v) is 6.12. The Labute approximate surface area is 218 Å². The Bertz CT molecular complexity index is 1180. The number of benzene rings is 2. The fraction of sp³-hybridized carbons (Fsp3) is 0.385. The second-order valence-electron chi connectivity index (χ2n) is 9.03. The van der Waals surface area contributed by atoms with E-state index in [4.69, 9.17) is 23.2 Å². The average molecular weight is 542 g/mol. The van der Waals surface area contributed by atoms with Crippen LogP contribution in [-0.2, 0) is 28.7 Å². The average Bonchev–Trinajstić information content (AvgIpc) is 3.23. The van der Waals surface area contributed by atoms with E-state index in [1.54, 1.807) is 4.90 Å². The van der Waals surface area contributed by atoms with E-state index >= 15 is 0 Å². The van der Waals surface area contributed by atoms with Gasteiger partial charge >= 0.3 is 6.18 Å². The summed E-state index contributed by atoms with van der Waals surface area (Å²) in [6, 6.07) is 12.5. The second-order valence-corrected chi connectivity index (χ2v) is 10.1. The molecule has 2 aromatic carbocycles. The Morgan fingerprint density at radius 2 is 1.67 bits per heavy atom. The summed E-state index contributed by atoms with van der Waals surface area (Å²) in [4.78, 5) is 30.6. The number of carbonyl (C=O) groups excluding carboxylic acids is 2. The Balaban J connectivity index is 1.82. The van der Waals surface area contributed by atoms with Crippen LogP contribution in [0.15, 0.2) is 54.7 Å². The number of alkyl halides is 5. The summed E-state index contributed by atoms with van der Waals surface area (Å²) < 4.78 is 38.9. The Kier molecular flexibility index (Phi) is 9.30. The maximum Gasteiger partial charge on any atom is 0.416 e. The molecule has 0 fully saturated rings. The van der Waals surface area contributed by atoms with Gasteiger partial charge in [0.25, 0.3) is 5.91 Å². The molecule has 10 heteroatoms. The number of aromatic nitrogens is 1. The van der Waals surface area contributed by atoms with E-state index in [1.807, 2.05) is 44.3 Å². The van der Waals surface area contributed by atoms with Crippen molar-refractivity contribution < 1.29 is 22.8 Å². The van der Waals surface area contributed by atoms with Crippen molar-refractivity contribution in [2.75, 3.05) is 19.6 Å². The Morgan fingerprint density at radius 1 is 1.00 bits per heavy atom. The molecule has 0 radical (unpaired) electrons. The van der Waals surface area contributed by atoms with Gasteiger partial charge in [0.15, 0.2) is 4.84 Å². The maximum atomic E-state index is 13.4. The van der Waals surface area contributed by atoms with Gasteiger partial charge in [0, 0.05) is 36.7 Å². The van der Waals surface area contributed by atoms with Gasteiger partial charge in [-0.25, -0.2) is 0 Å². The number of aromatic amines is 1. The standard InChI is InChI=1S/C26H28Cl2F3N3O2/c1-17(2)14-34(25(36)24(27)28)16-23(35)33(15-18-7-9-20(10-8-18)26(29,30)31)12-11-19-13-32-22-6-4-3-5-21(19)22/h3-10,13,17,24,32H,11-12,14-16H2,1-2H3. The lowest BCUT2D eigenvalue weighted by atomic mass is 10.1. The summed E-state index contributed by atoms with van der Waals surface area (Å²) in [6.45, 7) is 4.25. The lowest BCUT2D eigenvalue weighted by Crippen LogP contribution is -2.46. The van der Waals surface area contributed by atoms with Crippen LogP contribution in [0, 0.1) is 5.92 Å². The summed E-state index contributed by atoms with van der Waals surface area (Å²) in [5.74, 6) is -0.840. The number of hydrogen-bond acceptors (Lipinski definition) is 2. The smallest absolute Gasteiger partial charge is 0.361 e. The van der Waals surface area contributed by atoms with E-state index in [-0.39, 0.29) is 31.5 Å². The molecule has 194 valence electrons. The van der Waals surface area contributed by atoms with E-state index in [9.17, 15) is 22.8 Å². The lowest BCUT2D eigenvalue weighted by molar-refractivity contribution is -0.140. The number of nitrogens with zero attached hydrogens (tertiary/aromatic N) is 2. The van der Waals surface area contributed by atoms with Crippen LogP contribution in [0.3, 0.4) is 0 Å². The highest BCUT2D eigenvalue weighted by atomic mass is 35.5. The van der Waals surface area contributed by atoms with E-state index in [2.05, 4.69) is 4.98 Å². The third-order valence-electron chi connectivity index (χ3n) is 5.74. The van der Waals surface area contributed by atoms with Crippen LogP contribution in [0.2, 0.25) is 0 Å². The minimum absolute atomic E-state index is 0.0726. The predicted octanol–water partition coefficient (Wildman–Crippen LogP) is 6.05. The highest BCUT2D eigenvalue weighted by Gasteiger charge is 2.30. The van der Waals surface area contributed by atoms with Crippen molar-refractivity contribution in [3.05, 3.63) is 71.4 Å². The third kappa shape index (κ3) is 7.40. The minimum atomic E-state index is -4.44. The zero-order valence-electron chi connectivity index (χ0n) is 20.0. The van der Waals surface area contributed by atoms with Gasteiger partial charge < -0.3 is 14.8 Å². The molecule has 0 spiro atoms. The first-order valence-electron chi connectivity index (χ1n) is 11.5. The Hall–Kier alpha value is -2.71. The van der Waals surface area contributed by atoms with Gasteiger partial charge in [-0.05, 0) is 41.7 Å². The normalized spacial score (nSPS) is 11.9. The summed E-state index contributed by atoms with van der Waals surface area (Å²) >= 11 is 11.6. The molecule has 1 aromatic heterocycles. The van der Waals surface area contributed by atoms with Crippen LogP contribution in [0.25, 0.3) is 10.9 Å². The molecule has 0 saturated carbocycles. The van der Waals surface area contributed by atoms with Crippen molar-refractivity contribution in [3.63, 3.8) is 0 Å². The highest BCUT2D eigenvalue weighted by Crippen LogP contribution is 2.29. The molecule has 5 nitrogen and oxygen atoms in total. The topological polar surface area (TPSA) is 56.4 Å². The molecule has 0 unspecified atom stereocenters. The van der Waals surface area contributed by atoms with Crippen molar-refractivity contribution in [3.8, 4) is 0 Å². The van der Waals surface area contributed by atoms with Crippen molar-refractivity contribution in [1.82, 2.24) is 14.8 Å². The van der Waals surface area contributed by atoms with Gasteiger partial charge in [0.2, 0.25) is 5.91 Å². The molecule has 2 amide bonds. The minimum Gasteiger partial charge on any atom is -0.361 e. The van der Waals surface area contributed by atoms with Gasteiger partial charge in [-0.2, -0.15) is 13.2 Å². The van der Waals surface area contributed by atoms with Gasteiger partial charge in [-0.3, -0.25) is 9.59 Å². The molecular weight excluding hydrogens is 514 g/mol.